The van der Waals surface area contributed by atoms with Crippen LogP contribution in [-0.2, 0) is 4.79 Å². The van der Waals surface area contributed by atoms with Crippen molar-refractivity contribution in [1.82, 2.24) is 5.32 Å². The van der Waals surface area contributed by atoms with Crippen LogP contribution in [0.3, 0.4) is 0 Å². The Bertz CT molecular complexity index is 395. The highest BCUT2D eigenvalue weighted by Crippen LogP contribution is 2.21. The molecule has 0 bridgehead atoms. The molecule has 1 atom stereocenters. The van der Waals surface area contributed by atoms with Gasteiger partial charge in [0.25, 0.3) is 5.91 Å². The number of carbonyl (C=O) groups is 1. The largest absolute Gasteiger partial charge is 0.484 e. The summed E-state index contributed by atoms with van der Waals surface area (Å²) in [7, 11) is 0. The monoisotopic (exact) mass is 257 g/mol. The van der Waals surface area contributed by atoms with Crippen molar-refractivity contribution in [1.29, 1.82) is 0 Å². The molecule has 0 aliphatic heterocycles. The van der Waals surface area contributed by atoms with Crippen LogP contribution in [0.4, 0.5) is 0 Å². The number of hydrogen-bond acceptors (Lipinski definition) is 3. The number of ether oxygens (including phenoxy) is 1. The van der Waals surface area contributed by atoms with E-state index in [4.69, 9.17) is 21.4 Å². The maximum atomic E-state index is 11.4. The van der Waals surface area contributed by atoms with Crippen molar-refractivity contribution in [2.45, 2.75) is 19.9 Å². The van der Waals surface area contributed by atoms with E-state index in [1.165, 1.54) is 0 Å². The number of halogens is 1. The quantitative estimate of drug-likeness (QED) is 0.841. The molecule has 0 spiro atoms. The van der Waals surface area contributed by atoms with E-state index in [1.54, 1.807) is 25.1 Å². The summed E-state index contributed by atoms with van der Waals surface area (Å²) in [6.07, 6.45) is 0. The molecule has 0 fully saturated rings. The van der Waals surface area contributed by atoms with Crippen LogP contribution in [0.1, 0.15) is 12.5 Å². The fourth-order valence-corrected chi connectivity index (χ4v) is 1.51. The summed E-state index contributed by atoms with van der Waals surface area (Å²) < 4.78 is 5.35. The number of hydrogen-bond donors (Lipinski definition) is 2. The van der Waals surface area contributed by atoms with E-state index < -0.39 is 0 Å². The molecule has 2 N–H and O–H groups in total. The van der Waals surface area contributed by atoms with Crippen molar-refractivity contribution in [3.63, 3.8) is 0 Å². The van der Waals surface area contributed by atoms with E-state index in [2.05, 4.69) is 5.32 Å². The van der Waals surface area contributed by atoms with Gasteiger partial charge >= 0.3 is 0 Å². The average molecular weight is 258 g/mol. The fraction of sp³-hybridized carbons (Fsp3) is 0.417. The zero-order chi connectivity index (χ0) is 12.8. The molecule has 0 aliphatic rings. The molecule has 0 saturated heterocycles. The highest BCUT2D eigenvalue weighted by atomic mass is 35.5. The minimum absolute atomic E-state index is 0.0766. The molecule has 94 valence electrons. The van der Waals surface area contributed by atoms with E-state index in [-0.39, 0.29) is 25.2 Å². The molecule has 1 aromatic rings. The van der Waals surface area contributed by atoms with Gasteiger partial charge in [0.2, 0.25) is 0 Å². The fourth-order valence-electron chi connectivity index (χ4n) is 1.28. The third-order valence-electron chi connectivity index (χ3n) is 2.18. The maximum absolute atomic E-state index is 11.4. The van der Waals surface area contributed by atoms with Crippen molar-refractivity contribution in [3.8, 4) is 5.75 Å². The number of aryl methyl sites for hydroxylation is 1. The number of carbonyl (C=O) groups excluding carboxylic acids is 1. The van der Waals surface area contributed by atoms with Gasteiger partial charge in [0.05, 0.1) is 6.61 Å². The smallest absolute Gasteiger partial charge is 0.258 e. The Labute approximate surface area is 106 Å². The number of rotatable bonds is 5. The van der Waals surface area contributed by atoms with Crippen LogP contribution in [0.2, 0.25) is 5.02 Å². The second-order valence-corrected chi connectivity index (χ2v) is 4.29. The Morgan fingerprint density at radius 1 is 1.59 bits per heavy atom. The highest BCUT2D eigenvalue weighted by Gasteiger charge is 2.08. The summed E-state index contributed by atoms with van der Waals surface area (Å²) in [6.45, 7) is 3.40. The van der Waals surface area contributed by atoms with E-state index in [1.807, 2.05) is 6.92 Å². The van der Waals surface area contributed by atoms with Crippen LogP contribution in [0.15, 0.2) is 18.2 Å². The average Bonchev–Trinajstić information content (AvgIpc) is 2.27. The number of benzene rings is 1. The van der Waals surface area contributed by atoms with Crippen LogP contribution in [-0.4, -0.2) is 30.3 Å². The lowest BCUT2D eigenvalue weighted by atomic mass is 10.2. The summed E-state index contributed by atoms with van der Waals surface area (Å²) in [5, 5.41) is 12.0. The minimum atomic E-state index is -0.266. The first kappa shape index (κ1) is 13.8. The Morgan fingerprint density at radius 2 is 2.29 bits per heavy atom. The van der Waals surface area contributed by atoms with Gasteiger partial charge < -0.3 is 15.2 Å². The molecule has 1 unspecified atom stereocenters. The zero-order valence-electron chi connectivity index (χ0n) is 9.87. The molecule has 0 heterocycles. The summed E-state index contributed by atoms with van der Waals surface area (Å²) in [4.78, 5) is 11.4. The zero-order valence-corrected chi connectivity index (χ0v) is 10.6. The number of aliphatic hydroxyl groups is 1. The SMILES string of the molecule is Cc1cc(Cl)ccc1OCC(=O)NC(C)CO. The van der Waals surface area contributed by atoms with Crippen LogP contribution >= 0.6 is 11.6 Å². The summed E-state index contributed by atoms with van der Waals surface area (Å²) in [5.74, 6) is 0.363. The van der Waals surface area contributed by atoms with E-state index in [0.717, 1.165) is 5.56 Å². The van der Waals surface area contributed by atoms with Crippen LogP contribution in [0, 0.1) is 6.92 Å². The molecule has 0 saturated carbocycles. The first-order valence-electron chi connectivity index (χ1n) is 5.32. The molecular formula is C12H16ClNO3. The summed E-state index contributed by atoms with van der Waals surface area (Å²) >= 11 is 5.80. The molecule has 1 rings (SSSR count). The molecule has 5 heteroatoms. The van der Waals surface area contributed by atoms with Gasteiger partial charge in [-0.15, -0.1) is 0 Å². The van der Waals surface area contributed by atoms with E-state index in [0.29, 0.717) is 10.8 Å². The maximum Gasteiger partial charge on any atom is 0.258 e. The van der Waals surface area contributed by atoms with Gasteiger partial charge in [-0.1, -0.05) is 11.6 Å². The van der Waals surface area contributed by atoms with Crippen molar-refractivity contribution in [2.75, 3.05) is 13.2 Å². The van der Waals surface area contributed by atoms with Gasteiger partial charge in [-0.2, -0.15) is 0 Å². The third kappa shape index (κ3) is 4.63. The standard InChI is InChI=1S/C12H16ClNO3/c1-8-5-10(13)3-4-11(8)17-7-12(16)14-9(2)6-15/h3-5,9,15H,6-7H2,1-2H3,(H,14,16). The van der Waals surface area contributed by atoms with Crippen molar-refractivity contribution >= 4 is 17.5 Å². The minimum Gasteiger partial charge on any atom is -0.484 e. The summed E-state index contributed by atoms with van der Waals surface area (Å²) in [5.41, 5.74) is 0.875. The number of amides is 1. The van der Waals surface area contributed by atoms with Crippen molar-refractivity contribution < 1.29 is 14.6 Å². The van der Waals surface area contributed by atoms with Gasteiger partial charge in [-0.3, -0.25) is 4.79 Å². The molecule has 4 nitrogen and oxygen atoms in total. The lowest BCUT2D eigenvalue weighted by molar-refractivity contribution is -0.124. The normalized spacial score (nSPS) is 12.0. The lowest BCUT2D eigenvalue weighted by Gasteiger charge is -2.12. The van der Waals surface area contributed by atoms with Gasteiger partial charge in [0.15, 0.2) is 6.61 Å². The summed E-state index contributed by atoms with van der Waals surface area (Å²) in [6, 6.07) is 4.93. The Morgan fingerprint density at radius 3 is 2.88 bits per heavy atom. The van der Waals surface area contributed by atoms with Crippen LogP contribution < -0.4 is 10.1 Å². The van der Waals surface area contributed by atoms with E-state index in [9.17, 15) is 4.79 Å². The topological polar surface area (TPSA) is 58.6 Å². The lowest BCUT2D eigenvalue weighted by Crippen LogP contribution is -2.38. The number of nitrogens with one attached hydrogen (secondary N) is 1. The molecule has 0 radical (unpaired) electrons. The molecule has 17 heavy (non-hydrogen) atoms. The Balaban J connectivity index is 2.47. The Kier molecular flexibility index (Phi) is 5.25. The third-order valence-corrected chi connectivity index (χ3v) is 2.41. The van der Waals surface area contributed by atoms with Gasteiger partial charge in [0, 0.05) is 11.1 Å². The highest BCUT2D eigenvalue weighted by molar-refractivity contribution is 6.30. The first-order chi connectivity index (χ1) is 8.02. The van der Waals surface area contributed by atoms with Gasteiger partial charge in [0.1, 0.15) is 5.75 Å². The van der Waals surface area contributed by atoms with Crippen LogP contribution in [0.25, 0.3) is 0 Å². The van der Waals surface area contributed by atoms with Gasteiger partial charge in [-0.25, -0.2) is 0 Å². The van der Waals surface area contributed by atoms with Crippen LogP contribution in [0.5, 0.6) is 5.75 Å². The van der Waals surface area contributed by atoms with Gasteiger partial charge in [-0.05, 0) is 37.6 Å². The predicted molar refractivity (Wildman–Crippen MR) is 66.4 cm³/mol. The Hall–Kier alpha value is -1.26. The van der Waals surface area contributed by atoms with Crippen molar-refractivity contribution in [2.24, 2.45) is 0 Å². The second kappa shape index (κ2) is 6.47. The second-order valence-electron chi connectivity index (χ2n) is 3.85. The molecule has 0 aliphatic carbocycles. The first-order valence-corrected chi connectivity index (χ1v) is 5.70. The van der Waals surface area contributed by atoms with E-state index >= 15 is 0 Å². The molecule has 1 aromatic carbocycles. The van der Waals surface area contributed by atoms with Crippen molar-refractivity contribution in [3.05, 3.63) is 28.8 Å². The molecule has 0 aromatic heterocycles. The predicted octanol–water partition coefficient (Wildman–Crippen LogP) is 1.52. The number of aliphatic hydroxyl groups excluding tert-OH is 1. The molecule has 1 amide bonds. The molecular weight excluding hydrogens is 242 g/mol.